The molecule has 0 aromatic carbocycles. The molecule has 0 aliphatic carbocycles. The Morgan fingerprint density at radius 2 is 2.27 bits per heavy atom. The van der Waals surface area contributed by atoms with Crippen LogP contribution >= 0.6 is 0 Å². The lowest BCUT2D eigenvalue weighted by Crippen LogP contribution is -2.35. The van der Waals surface area contributed by atoms with Gasteiger partial charge >= 0.3 is 6.09 Å². The zero-order valence-corrected chi connectivity index (χ0v) is 6.89. The van der Waals surface area contributed by atoms with Gasteiger partial charge in [0.25, 0.3) is 0 Å². The molecule has 0 saturated carbocycles. The summed E-state index contributed by atoms with van der Waals surface area (Å²) in [5.74, 6) is 0. The van der Waals surface area contributed by atoms with Crippen LogP contribution in [-0.2, 0) is 4.74 Å². The number of carbonyl (C=O) groups is 1. The number of hydrogen-bond donors (Lipinski definition) is 2. The minimum absolute atomic E-state index is 0.776. The highest BCUT2D eigenvalue weighted by Crippen LogP contribution is 2.05. The molecule has 0 aliphatic rings. The Morgan fingerprint density at radius 3 is 2.64 bits per heavy atom. The van der Waals surface area contributed by atoms with Crippen molar-refractivity contribution in [3.05, 3.63) is 0 Å². The molecule has 11 heavy (non-hydrogen) atoms. The molecule has 0 aromatic rings. The molecule has 0 saturated heterocycles. The first-order valence-corrected chi connectivity index (χ1v) is 3.15. The molecule has 0 heterocycles. The first kappa shape index (κ1) is 4.98. The number of carbonyl (C=O) groups excluding carboxylic acids is 1. The fourth-order valence-corrected chi connectivity index (χ4v) is 0.391. The summed E-state index contributed by atoms with van der Waals surface area (Å²) in [6, 6.07) is 0. The van der Waals surface area contributed by atoms with Crippen LogP contribution in [0, 0.1) is 0 Å². The van der Waals surface area contributed by atoms with E-state index in [1.54, 1.807) is 26.1 Å². The Balaban J connectivity index is 4.43. The van der Waals surface area contributed by atoms with Crippen LogP contribution < -0.4 is 11.1 Å². The van der Waals surface area contributed by atoms with Gasteiger partial charge in [-0.1, -0.05) is 0 Å². The van der Waals surface area contributed by atoms with Gasteiger partial charge in [0.2, 0.25) is 0 Å². The van der Waals surface area contributed by atoms with Crippen LogP contribution in [0.5, 0.6) is 0 Å². The minimum atomic E-state index is -2.69. The van der Waals surface area contributed by atoms with Gasteiger partial charge in [0.05, 0.1) is 2.74 Å². The van der Waals surface area contributed by atoms with Gasteiger partial charge in [0.15, 0.2) is 0 Å². The monoisotopic (exact) mass is 164 g/mol. The van der Waals surface area contributed by atoms with Crippen molar-refractivity contribution in [3.63, 3.8) is 0 Å². The Hall–Kier alpha value is -0.770. The van der Waals surface area contributed by atoms with E-state index in [4.69, 9.17) is 16.0 Å². The lowest BCUT2D eigenvalue weighted by atomic mass is 10.2. The number of nitrogens with one attached hydrogen (secondary N) is 1. The fourth-order valence-electron chi connectivity index (χ4n) is 0.391. The van der Waals surface area contributed by atoms with Crippen LogP contribution in [-0.4, -0.2) is 24.7 Å². The quantitative estimate of drug-likeness (QED) is 0.623. The Kier molecular flexibility index (Phi) is 1.89. The molecular formula is C7H16N2O2. The zero-order chi connectivity index (χ0) is 12.5. The van der Waals surface area contributed by atoms with E-state index in [2.05, 4.69) is 0 Å². The summed E-state index contributed by atoms with van der Waals surface area (Å²) in [5, 5.41) is 1.72. The number of amides is 1. The van der Waals surface area contributed by atoms with Crippen LogP contribution in [0.1, 0.15) is 26.3 Å². The van der Waals surface area contributed by atoms with Gasteiger partial charge in [-0.05, 0) is 20.8 Å². The molecule has 0 rings (SSSR count). The van der Waals surface area contributed by atoms with Crippen LogP contribution in [0.25, 0.3) is 0 Å². The molecule has 0 spiro atoms. The number of nitrogens with two attached hydrogens (primary N) is 1. The van der Waals surface area contributed by atoms with Gasteiger partial charge in [-0.3, -0.25) is 0 Å². The lowest BCUT2D eigenvalue weighted by Gasteiger charge is -2.19. The SMILES string of the molecule is [2H]C([2H])(N)C([2H])([2H])NC(=O)OC(C)(C)C. The fraction of sp³-hybridized carbons (Fsp3) is 0.857. The average Bonchev–Trinajstić information content (AvgIpc) is 1.75. The normalized spacial score (nSPS) is 18.9. The van der Waals surface area contributed by atoms with E-state index in [-0.39, 0.29) is 0 Å². The molecule has 0 bridgehead atoms. The van der Waals surface area contributed by atoms with Crippen molar-refractivity contribution < 1.29 is 15.0 Å². The van der Waals surface area contributed by atoms with Crippen molar-refractivity contribution in [3.8, 4) is 0 Å². The van der Waals surface area contributed by atoms with E-state index in [1.165, 1.54) is 0 Å². The highest BCUT2D eigenvalue weighted by atomic mass is 16.6. The second-order valence-corrected chi connectivity index (χ2v) is 2.90. The Labute approximate surface area is 72.7 Å². The third kappa shape index (κ3) is 7.12. The van der Waals surface area contributed by atoms with Crippen molar-refractivity contribution in [1.29, 1.82) is 0 Å². The maximum absolute atomic E-state index is 11.1. The standard InChI is InChI=1S/C7H16N2O2/c1-7(2,3)11-6(10)9-5-4-8/h4-5,8H2,1-3H3,(H,9,10)/i4D2,5D2. The van der Waals surface area contributed by atoms with E-state index >= 15 is 0 Å². The van der Waals surface area contributed by atoms with Crippen LogP contribution in [0.15, 0.2) is 0 Å². The third-order valence-electron chi connectivity index (χ3n) is 0.636. The summed E-state index contributed by atoms with van der Waals surface area (Å²) >= 11 is 0. The van der Waals surface area contributed by atoms with Gasteiger partial charge in [0, 0.05) is 15.7 Å². The van der Waals surface area contributed by atoms with E-state index in [0.29, 0.717) is 0 Å². The molecule has 0 atom stereocenters. The van der Waals surface area contributed by atoms with E-state index < -0.39 is 24.7 Å². The molecule has 1 amide bonds. The smallest absolute Gasteiger partial charge is 0.407 e. The predicted octanol–water partition coefficient (Wildman–Crippen LogP) is 0.470. The molecular weight excluding hydrogens is 144 g/mol. The molecule has 3 N–H and O–H groups in total. The molecule has 66 valence electrons. The van der Waals surface area contributed by atoms with E-state index in [9.17, 15) is 4.79 Å². The second-order valence-electron chi connectivity index (χ2n) is 2.90. The average molecular weight is 164 g/mol. The van der Waals surface area contributed by atoms with Crippen molar-refractivity contribution >= 4 is 6.09 Å². The van der Waals surface area contributed by atoms with Crippen molar-refractivity contribution in [2.24, 2.45) is 5.73 Å². The lowest BCUT2D eigenvalue weighted by molar-refractivity contribution is 0.0529. The molecule has 0 aromatic heterocycles. The highest BCUT2D eigenvalue weighted by Gasteiger charge is 2.14. The molecule has 0 fully saturated rings. The zero-order valence-electron chi connectivity index (χ0n) is 10.9. The summed E-state index contributed by atoms with van der Waals surface area (Å²) in [5.41, 5.74) is 4.14. The van der Waals surface area contributed by atoms with Crippen molar-refractivity contribution in [1.82, 2.24) is 5.32 Å². The van der Waals surface area contributed by atoms with Gasteiger partial charge in [-0.2, -0.15) is 0 Å². The molecule has 0 radical (unpaired) electrons. The van der Waals surface area contributed by atoms with Crippen LogP contribution in [0.3, 0.4) is 0 Å². The van der Waals surface area contributed by atoms with E-state index in [0.717, 1.165) is 0 Å². The highest BCUT2D eigenvalue weighted by molar-refractivity contribution is 5.67. The maximum Gasteiger partial charge on any atom is 0.407 e. The molecule has 0 aliphatic heterocycles. The summed E-state index contributed by atoms with van der Waals surface area (Å²) < 4.78 is 33.0. The van der Waals surface area contributed by atoms with Crippen LogP contribution in [0.4, 0.5) is 4.79 Å². The number of alkyl carbamates (subject to hydrolysis) is 1. The summed E-state index contributed by atoms with van der Waals surface area (Å²) in [6.07, 6.45) is -1.05. The van der Waals surface area contributed by atoms with Crippen LogP contribution in [0.2, 0.25) is 0 Å². The van der Waals surface area contributed by atoms with E-state index in [1.807, 2.05) is 0 Å². The van der Waals surface area contributed by atoms with Gasteiger partial charge < -0.3 is 15.8 Å². The summed E-state index contributed by atoms with van der Waals surface area (Å²) in [4.78, 5) is 11.1. The molecule has 0 unspecified atom stereocenters. The predicted molar refractivity (Wildman–Crippen MR) is 43.3 cm³/mol. The number of ether oxygens (including phenoxy) is 1. The number of hydrogen-bond acceptors (Lipinski definition) is 3. The van der Waals surface area contributed by atoms with Gasteiger partial charge in [-0.15, -0.1) is 0 Å². The largest absolute Gasteiger partial charge is 0.444 e. The van der Waals surface area contributed by atoms with Gasteiger partial charge in [0.1, 0.15) is 5.60 Å². The summed E-state index contributed by atoms with van der Waals surface area (Å²) in [6.45, 7) is -0.531. The minimum Gasteiger partial charge on any atom is -0.444 e. The topological polar surface area (TPSA) is 64.3 Å². The summed E-state index contributed by atoms with van der Waals surface area (Å²) in [7, 11) is 0. The first-order chi connectivity index (χ1) is 6.35. The molecule has 4 heteroatoms. The molecule has 4 nitrogen and oxygen atoms in total. The van der Waals surface area contributed by atoms with Crippen molar-refractivity contribution in [2.75, 3.05) is 13.0 Å². The maximum atomic E-state index is 11.1. The Bertz CT molecular complexity index is 244. The van der Waals surface area contributed by atoms with Crippen molar-refractivity contribution in [2.45, 2.75) is 26.4 Å². The van der Waals surface area contributed by atoms with Gasteiger partial charge in [-0.25, -0.2) is 4.79 Å². The Morgan fingerprint density at radius 1 is 1.73 bits per heavy atom. The third-order valence-corrected chi connectivity index (χ3v) is 0.636. The first-order valence-electron chi connectivity index (χ1n) is 5.15. The number of rotatable bonds is 2. The second kappa shape index (κ2) is 4.18.